The predicted octanol–water partition coefficient (Wildman–Crippen LogP) is 2.91. The largest absolute Gasteiger partial charge is 0.469 e. The molecule has 2 fully saturated rings. The van der Waals surface area contributed by atoms with E-state index in [1.54, 1.807) is 6.26 Å². The second-order valence-corrected chi connectivity index (χ2v) is 8.12. The summed E-state index contributed by atoms with van der Waals surface area (Å²) in [4.78, 5) is 11.9. The summed E-state index contributed by atoms with van der Waals surface area (Å²) in [6.45, 7) is 6.40. The van der Waals surface area contributed by atoms with E-state index < -0.39 is 0 Å². The molecule has 7 heteroatoms. The van der Waals surface area contributed by atoms with Gasteiger partial charge in [0.05, 0.1) is 18.9 Å². The number of nitrogens with one attached hydrogen (secondary N) is 2. The Kier molecular flexibility index (Phi) is 7.24. The minimum Gasteiger partial charge on any atom is -0.469 e. The summed E-state index contributed by atoms with van der Waals surface area (Å²) < 4.78 is 11.2. The fourth-order valence-corrected chi connectivity index (χ4v) is 4.04. The van der Waals surface area contributed by atoms with Crippen LogP contribution in [0.15, 0.2) is 46.0 Å². The molecular weight excluding hydrogens is 378 g/mol. The molecule has 2 aromatic rings. The molecule has 4 rings (SSSR count). The number of anilines is 1. The Morgan fingerprint density at radius 3 is 2.83 bits per heavy atom. The van der Waals surface area contributed by atoms with Gasteiger partial charge in [-0.3, -0.25) is 4.99 Å². The zero-order valence-electron chi connectivity index (χ0n) is 17.8. The summed E-state index contributed by atoms with van der Waals surface area (Å²) in [5.41, 5.74) is 1.07. The number of hydrogen-bond donors (Lipinski definition) is 2. The minimum atomic E-state index is 0.253. The summed E-state index contributed by atoms with van der Waals surface area (Å²) in [6.07, 6.45) is 7.18. The van der Waals surface area contributed by atoms with Crippen LogP contribution in [-0.2, 0) is 11.2 Å². The fraction of sp³-hybridized carbons (Fsp3) is 0.565. The maximum atomic E-state index is 5.74. The second-order valence-electron chi connectivity index (χ2n) is 8.12. The Balaban J connectivity index is 1.29. The van der Waals surface area contributed by atoms with E-state index in [2.05, 4.69) is 32.7 Å². The highest BCUT2D eigenvalue weighted by Crippen LogP contribution is 2.18. The van der Waals surface area contributed by atoms with E-state index in [0.717, 1.165) is 81.6 Å². The first kappa shape index (κ1) is 20.7. The van der Waals surface area contributed by atoms with Crippen LogP contribution in [-0.4, -0.2) is 55.9 Å². The highest BCUT2D eigenvalue weighted by molar-refractivity contribution is 5.80. The summed E-state index contributed by atoms with van der Waals surface area (Å²) in [5.74, 6) is 2.95. The van der Waals surface area contributed by atoms with Crippen molar-refractivity contribution in [2.75, 3.05) is 37.7 Å². The molecule has 2 aliphatic rings. The van der Waals surface area contributed by atoms with Crippen LogP contribution in [0.2, 0.25) is 0 Å². The van der Waals surface area contributed by atoms with Crippen molar-refractivity contribution in [1.29, 1.82) is 0 Å². The number of aliphatic imine (C=N–C) groups is 1. The van der Waals surface area contributed by atoms with Gasteiger partial charge < -0.3 is 24.7 Å². The summed E-state index contributed by atoms with van der Waals surface area (Å²) in [6, 6.07) is 10.6. The van der Waals surface area contributed by atoms with Crippen molar-refractivity contribution < 1.29 is 9.15 Å². The first-order valence-electron chi connectivity index (χ1n) is 11.1. The van der Waals surface area contributed by atoms with Gasteiger partial charge in [0, 0.05) is 44.4 Å². The molecule has 1 unspecified atom stereocenters. The van der Waals surface area contributed by atoms with Gasteiger partial charge in [-0.05, 0) is 56.9 Å². The predicted molar refractivity (Wildman–Crippen MR) is 119 cm³/mol. The van der Waals surface area contributed by atoms with Crippen LogP contribution < -0.4 is 15.5 Å². The van der Waals surface area contributed by atoms with Gasteiger partial charge >= 0.3 is 0 Å². The number of piperidine rings is 1. The third-order valence-corrected chi connectivity index (χ3v) is 5.75. The highest BCUT2D eigenvalue weighted by Gasteiger charge is 2.21. The van der Waals surface area contributed by atoms with Crippen molar-refractivity contribution in [3.05, 3.63) is 48.0 Å². The van der Waals surface area contributed by atoms with E-state index in [1.165, 1.54) is 0 Å². The Morgan fingerprint density at radius 2 is 2.10 bits per heavy atom. The van der Waals surface area contributed by atoms with E-state index in [9.17, 15) is 0 Å². The SMILES string of the molecule is Cc1cccc(N2CCC(NC(=NCC3CCCO3)NCCc3ccco3)CC2)n1. The van der Waals surface area contributed by atoms with Crippen molar-refractivity contribution >= 4 is 11.8 Å². The summed E-state index contributed by atoms with van der Waals surface area (Å²) >= 11 is 0. The molecule has 2 N–H and O–H groups in total. The number of pyridine rings is 1. The number of rotatable bonds is 7. The number of nitrogens with zero attached hydrogens (tertiary/aromatic N) is 3. The molecule has 2 aliphatic heterocycles. The third kappa shape index (κ3) is 5.98. The molecule has 162 valence electrons. The number of aromatic nitrogens is 1. The van der Waals surface area contributed by atoms with Crippen LogP contribution in [0.5, 0.6) is 0 Å². The summed E-state index contributed by atoms with van der Waals surface area (Å²) in [7, 11) is 0. The zero-order chi connectivity index (χ0) is 20.6. The third-order valence-electron chi connectivity index (χ3n) is 5.75. The number of hydrogen-bond acceptors (Lipinski definition) is 5. The van der Waals surface area contributed by atoms with Gasteiger partial charge in [-0.2, -0.15) is 0 Å². The van der Waals surface area contributed by atoms with Gasteiger partial charge in [0.15, 0.2) is 5.96 Å². The fourth-order valence-electron chi connectivity index (χ4n) is 4.04. The molecule has 0 radical (unpaired) electrons. The van der Waals surface area contributed by atoms with Gasteiger partial charge in [0.1, 0.15) is 11.6 Å². The van der Waals surface area contributed by atoms with Crippen molar-refractivity contribution in [3.8, 4) is 0 Å². The smallest absolute Gasteiger partial charge is 0.191 e. The van der Waals surface area contributed by atoms with Crippen LogP contribution in [0.3, 0.4) is 0 Å². The average Bonchev–Trinajstić information content (AvgIpc) is 3.47. The van der Waals surface area contributed by atoms with E-state index in [-0.39, 0.29) is 6.10 Å². The Hall–Kier alpha value is -2.54. The van der Waals surface area contributed by atoms with Gasteiger partial charge in [0.25, 0.3) is 0 Å². The van der Waals surface area contributed by atoms with Crippen LogP contribution in [0.25, 0.3) is 0 Å². The molecule has 0 saturated carbocycles. The highest BCUT2D eigenvalue weighted by atomic mass is 16.5. The second kappa shape index (κ2) is 10.5. The molecule has 0 amide bonds. The topological polar surface area (TPSA) is 74.9 Å². The average molecular weight is 412 g/mol. The number of furan rings is 1. The zero-order valence-corrected chi connectivity index (χ0v) is 17.8. The lowest BCUT2D eigenvalue weighted by Gasteiger charge is -2.34. The lowest BCUT2D eigenvalue weighted by Crippen LogP contribution is -2.49. The van der Waals surface area contributed by atoms with E-state index in [1.807, 2.05) is 25.1 Å². The summed E-state index contributed by atoms with van der Waals surface area (Å²) in [5, 5.41) is 7.13. The molecule has 30 heavy (non-hydrogen) atoms. The lowest BCUT2D eigenvalue weighted by atomic mass is 10.1. The normalized spacial score (nSPS) is 20.5. The van der Waals surface area contributed by atoms with Gasteiger partial charge in [0.2, 0.25) is 0 Å². The van der Waals surface area contributed by atoms with Gasteiger partial charge in [-0.15, -0.1) is 0 Å². The quantitative estimate of drug-likeness (QED) is 0.539. The molecule has 1 atom stereocenters. The monoisotopic (exact) mass is 411 g/mol. The molecule has 7 nitrogen and oxygen atoms in total. The van der Waals surface area contributed by atoms with E-state index in [4.69, 9.17) is 14.1 Å². The number of aryl methyl sites for hydroxylation is 1. The Bertz CT molecular complexity index is 794. The molecule has 0 aliphatic carbocycles. The first-order chi connectivity index (χ1) is 14.8. The van der Waals surface area contributed by atoms with Gasteiger partial charge in [-0.25, -0.2) is 4.98 Å². The molecule has 0 spiro atoms. The number of guanidine groups is 1. The van der Waals surface area contributed by atoms with Gasteiger partial charge in [-0.1, -0.05) is 6.07 Å². The van der Waals surface area contributed by atoms with E-state index in [0.29, 0.717) is 12.6 Å². The Labute approximate surface area is 178 Å². The van der Waals surface area contributed by atoms with Crippen molar-refractivity contribution in [2.24, 2.45) is 4.99 Å². The van der Waals surface area contributed by atoms with Crippen molar-refractivity contribution in [2.45, 2.75) is 51.2 Å². The van der Waals surface area contributed by atoms with Crippen LogP contribution in [0, 0.1) is 6.92 Å². The van der Waals surface area contributed by atoms with Crippen LogP contribution in [0.1, 0.15) is 37.1 Å². The van der Waals surface area contributed by atoms with Crippen LogP contribution >= 0.6 is 0 Å². The maximum absolute atomic E-state index is 5.74. The number of ether oxygens (including phenoxy) is 1. The maximum Gasteiger partial charge on any atom is 0.191 e. The molecule has 4 heterocycles. The van der Waals surface area contributed by atoms with Crippen molar-refractivity contribution in [1.82, 2.24) is 15.6 Å². The van der Waals surface area contributed by atoms with Crippen molar-refractivity contribution in [3.63, 3.8) is 0 Å². The lowest BCUT2D eigenvalue weighted by molar-refractivity contribution is 0.117. The standard InChI is InChI=1S/C23H33N5O2/c1-18-5-2-8-22(26-18)28-13-10-19(11-14-28)27-23(25-17-21-7-4-16-30-21)24-12-9-20-6-3-15-29-20/h2-3,5-6,8,15,19,21H,4,7,9-14,16-17H2,1H3,(H2,24,25,27). The Morgan fingerprint density at radius 1 is 1.20 bits per heavy atom. The minimum absolute atomic E-state index is 0.253. The van der Waals surface area contributed by atoms with E-state index >= 15 is 0 Å². The molecule has 2 saturated heterocycles. The molecule has 0 aromatic carbocycles. The molecular formula is C23H33N5O2. The molecule has 2 aromatic heterocycles. The van der Waals surface area contributed by atoms with Crippen LogP contribution in [0.4, 0.5) is 5.82 Å². The molecule has 0 bridgehead atoms. The first-order valence-corrected chi connectivity index (χ1v) is 11.1.